The van der Waals surface area contributed by atoms with E-state index in [-0.39, 0.29) is 17.9 Å². The van der Waals surface area contributed by atoms with Gasteiger partial charge in [0.25, 0.3) is 0 Å². The summed E-state index contributed by atoms with van der Waals surface area (Å²) in [4.78, 5) is 12.5. The molecule has 1 fully saturated rings. The van der Waals surface area contributed by atoms with Gasteiger partial charge in [-0.25, -0.2) is 0 Å². The molecule has 1 N–H and O–H groups in total. The maximum atomic E-state index is 12.5. The molecule has 0 bridgehead atoms. The summed E-state index contributed by atoms with van der Waals surface area (Å²) >= 11 is 0. The van der Waals surface area contributed by atoms with Crippen molar-refractivity contribution < 1.29 is 14.3 Å². The van der Waals surface area contributed by atoms with Crippen LogP contribution >= 0.6 is 0 Å². The molecular formula is C20H23NO3. The minimum absolute atomic E-state index is 0.0615. The predicted molar refractivity (Wildman–Crippen MR) is 93.4 cm³/mol. The highest BCUT2D eigenvalue weighted by atomic mass is 16.5. The topological polar surface area (TPSA) is 47.6 Å². The van der Waals surface area contributed by atoms with Gasteiger partial charge in [-0.3, -0.25) is 4.79 Å². The Hall–Kier alpha value is -2.49. The first-order valence-electron chi connectivity index (χ1n) is 8.21. The predicted octanol–water partition coefficient (Wildman–Crippen LogP) is 3.68. The lowest BCUT2D eigenvalue weighted by molar-refractivity contribution is -0.123. The van der Waals surface area contributed by atoms with Crippen molar-refractivity contribution in [1.82, 2.24) is 5.32 Å². The summed E-state index contributed by atoms with van der Waals surface area (Å²) in [6.45, 7) is 1.97. The van der Waals surface area contributed by atoms with Crippen LogP contribution in [0.15, 0.2) is 48.5 Å². The van der Waals surface area contributed by atoms with Gasteiger partial charge in [-0.2, -0.15) is 0 Å². The van der Waals surface area contributed by atoms with Gasteiger partial charge in [0.1, 0.15) is 11.5 Å². The molecule has 4 heteroatoms. The molecule has 4 nitrogen and oxygen atoms in total. The van der Waals surface area contributed by atoms with Crippen molar-refractivity contribution >= 4 is 5.91 Å². The summed E-state index contributed by atoms with van der Waals surface area (Å²) in [7, 11) is 3.26. The molecule has 0 radical (unpaired) electrons. The fourth-order valence-corrected chi connectivity index (χ4v) is 3.13. The lowest BCUT2D eigenvalue weighted by atomic mass is 10.1. The number of benzene rings is 2. The van der Waals surface area contributed by atoms with Crippen molar-refractivity contribution in [3.63, 3.8) is 0 Å². The molecule has 0 heterocycles. The van der Waals surface area contributed by atoms with E-state index < -0.39 is 0 Å². The van der Waals surface area contributed by atoms with Gasteiger partial charge in [-0.1, -0.05) is 30.3 Å². The molecule has 126 valence electrons. The van der Waals surface area contributed by atoms with Crippen LogP contribution in [0.3, 0.4) is 0 Å². The van der Waals surface area contributed by atoms with Gasteiger partial charge >= 0.3 is 0 Å². The highest BCUT2D eigenvalue weighted by Crippen LogP contribution is 2.47. The van der Waals surface area contributed by atoms with Crippen LogP contribution in [0.4, 0.5) is 0 Å². The summed E-state index contributed by atoms with van der Waals surface area (Å²) < 4.78 is 10.7. The number of amides is 1. The second kappa shape index (κ2) is 6.95. The highest BCUT2D eigenvalue weighted by Gasteiger charge is 2.44. The molecule has 1 aliphatic carbocycles. The van der Waals surface area contributed by atoms with E-state index in [1.54, 1.807) is 14.2 Å². The van der Waals surface area contributed by atoms with Crippen LogP contribution in [-0.2, 0) is 4.79 Å². The van der Waals surface area contributed by atoms with Crippen LogP contribution in [0.1, 0.15) is 36.4 Å². The van der Waals surface area contributed by atoms with Gasteiger partial charge in [0.15, 0.2) is 0 Å². The zero-order valence-electron chi connectivity index (χ0n) is 14.3. The second-order valence-corrected chi connectivity index (χ2v) is 6.20. The van der Waals surface area contributed by atoms with Crippen LogP contribution < -0.4 is 14.8 Å². The minimum atomic E-state index is -0.139. The second-order valence-electron chi connectivity index (χ2n) is 6.20. The first-order chi connectivity index (χ1) is 11.6. The smallest absolute Gasteiger partial charge is 0.224 e. The molecule has 0 unspecified atom stereocenters. The molecule has 2 aromatic rings. The summed E-state index contributed by atoms with van der Waals surface area (Å²) in [5.74, 6) is 2.00. The molecule has 3 atom stereocenters. The summed E-state index contributed by atoms with van der Waals surface area (Å²) in [6.07, 6.45) is 0.914. The summed E-state index contributed by atoms with van der Waals surface area (Å²) in [6, 6.07) is 15.7. The lowest BCUT2D eigenvalue weighted by Crippen LogP contribution is -2.28. The SMILES string of the molecule is COc1ccc(OC)c([C@H](C)NC(=O)[C@H]2C[C@@H]2c2ccccc2)c1. The molecule has 24 heavy (non-hydrogen) atoms. The number of hydrogen-bond acceptors (Lipinski definition) is 3. The molecule has 0 aliphatic heterocycles. The van der Waals surface area contributed by atoms with Gasteiger partial charge in [0.05, 0.1) is 20.3 Å². The number of hydrogen-bond donors (Lipinski definition) is 1. The molecule has 3 rings (SSSR count). The normalized spacial score (nSPS) is 20.1. The molecular weight excluding hydrogens is 302 g/mol. The van der Waals surface area contributed by atoms with Crippen molar-refractivity contribution in [3.05, 3.63) is 59.7 Å². The Morgan fingerprint density at radius 1 is 1.12 bits per heavy atom. The Bertz CT molecular complexity index is 714. The summed E-state index contributed by atoms with van der Waals surface area (Å²) in [5, 5.41) is 3.11. The number of rotatable bonds is 6. The minimum Gasteiger partial charge on any atom is -0.497 e. The number of ether oxygens (including phenoxy) is 2. The third-order valence-corrected chi connectivity index (χ3v) is 4.62. The van der Waals surface area contributed by atoms with Gasteiger partial charge in [0, 0.05) is 11.5 Å². The Labute approximate surface area is 142 Å². The van der Waals surface area contributed by atoms with Gasteiger partial charge in [-0.05, 0) is 43.0 Å². The standard InChI is InChI=1S/C20H23NO3/c1-13(16-11-15(23-2)9-10-19(16)24-3)21-20(22)18-12-17(18)14-7-5-4-6-8-14/h4-11,13,17-18H,12H2,1-3H3,(H,21,22)/t13-,17+,18-/m0/s1. The first kappa shape index (κ1) is 16.4. The first-order valence-corrected chi connectivity index (χ1v) is 8.21. The average molecular weight is 325 g/mol. The number of nitrogens with one attached hydrogen (secondary N) is 1. The van der Waals surface area contributed by atoms with Crippen molar-refractivity contribution in [2.24, 2.45) is 5.92 Å². The largest absolute Gasteiger partial charge is 0.497 e. The van der Waals surface area contributed by atoms with Gasteiger partial charge < -0.3 is 14.8 Å². The zero-order valence-corrected chi connectivity index (χ0v) is 14.3. The highest BCUT2D eigenvalue weighted by molar-refractivity contribution is 5.83. The van der Waals surface area contributed by atoms with E-state index in [2.05, 4.69) is 17.4 Å². The zero-order chi connectivity index (χ0) is 17.1. The van der Waals surface area contributed by atoms with E-state index in [1.165, 1.54) is 5.56 Å². The van der Waals surface area contributed by atoms with E-state index in [0.717, 1.165) is 23.5 Å². The monoisotopic (exact) mass is 325 g/mol. The third-order valence-electron chi connectivity index (χ3n) is 4.62. The number of methoxy groups -OCH3 is 2. The molecule has 2 aromatic carbocycles. The Kier molecular flexibility index (Phi) is 4.74. The van der Waals surface area contributed by atoms with Crippen molar-refractivity contribution in [2.45, 2.75) is 25.3 Å². The molecule has 1 amide bonds. The van der Waals surface area contributed by atoms with Crippen LogP contribution in [-0.4, -0.2) is 20.1 Å². The van der Waals surface area contributed by atoms with E-state index in [9.17, 15) is 4.79 Å². The fraction of sp³-hybridized carbons (Fsp3) is 0.350. The maximum absolute atomic E-state index is 12.5. The summed E-state index contributed by atoms with van der Waals surface area (Å²) in [5.41, 5.74) is 2.16. The molecule has 0 saturated heterocycles. The molecule has 0 aromatic heterocycles. The van der Waals surface area contributed by atoms with Crippen molar-refractivity contribution in [2.75, 3.05) is 14.2 Å². The van der Waals surface area contributed by atoms with Crippen LogP contribution in [0.2, 0.25) is 0 Å². The van der Waals surface area contributed by atoms with Crippen LogP contribution in [0.5, 0.6) is 11.5 Å². The van der Waals surface area contributed by atoms with Crippen molar-refractivity contribution in [3.8, 4) is 11.5 Å². The van der Waals surface area contributed by atoms with E-state index in [4.69, 9.17) is 9.47 Å². The van der Waals surface area contributed by atoms with E-state index >= 15 is 0 Å². The van der Waals surface area contributed by atoms with Gasteiger partial charge in [0.2, 0.25) is 5.91 Å². The average Bonchev–Trinajstić information content (AvgIpc) is 3.42. The Balaban J connectivity index is 1.67. The maximum Gasteiger partial charge on any atom is 0.224 e. The molecule has 1 saturated carbocycles. The van der Waals surface area contributed by atoms with Crippen molar-refractivity contribution in [1.29, 1.82) is 0 Å². The Morgan fingerprint density at radius 3 is 2.54 bits per heavy atom. The quantitative estimate of drug-likeness (QED) is 0.881. The van der Waals surface area contributed by atoms with Gasteiger partial charge in [-0.15, -0.1) is 0 Å². The fourth-order valence-electron chi connectivity index (χ4n) is 3.13. The molecule has 1 aliphatic rings. The number of carbonyl (C=O) groups excluding carboxylic acids is 1. The molecule has 0 spiro atoms. The number of carbonyl (C=O) groups is 1. The lowest BCUT2D eigenvalue weighted by Gasteiger charge is -2.18. The van der Waals surface area contributed by atoms with Crippen LogP contribution in [0, 0.1) is 5.92 Å². The van der Waals surface area contributed by atoms with E-state index in [1.807, 2.05) is 43.3 Å². The third kappa shape index (κ3) is 3.37. The Morgan fingerprint density at radius 2 is 1.88 bits per heavy atom. The van der Waals surface area contributed by atoms with E-state index in [0.29, 0.717) is 5.92 Å². The van der Waals surface area contributed by atoms with Crippen LogP contribution in [0.25, 0.3) is 0 Å².